The van der Waals surface area contributed by atoms with Crippen molar-refractivity contribution >= 4 is 11.0 Å². The Labute approximate surface area is 148 Å². The number of fused-ring (bicyclic) bond motifs is 1. The summed E-state index contributed by atoms with van der Waals surface area (Å²) in [5, 5.41) is 0.651. The highest BCUT2D eigenvalue weighted by atomic mass is 16.5. The van der Waals surface area contributed by atoms with E-state index in [-0.39, 0.29) is 5.75 Å². The van der Waals surface area contributed by atoms with Crippen LogP contribution < -0.4 is 19.8 Å². The minimum atomic E-state index is -0.584. The van der Waals surface area contributed by atoms with Crippen molar-refractivity contribution in [2.45, 2.75) is 46.1 Å². The topological polar surface area (TPSA) is 57.9 Å². The molecule has 0 saturated heterocycles. The van der Waals surface area contributed by atoms with Crippen LogP contribution in [0.1, 0.15) is 40.5 Å². The molecule has 2 aromatic rings. The van der Waals surface area contributed by atoms with Crippen LogP contribution in [0.25, 0.3) is 11.0 Å². The Bertz CT molecular complexity index is 796. The third-order valence-electron chi connectivity index (χ3n) is 3.36. The molecule has 25 heavy (non-hydrogen) atoms. The Hall–Kier alpha value is -2.43. The van der Waals surface area contributed by atoms with E-state index in [1.807, 2.05) is 39.0 Å². The Morgan fingerprint density at radius 1 is 1.16 bits per heavy atom. The first kappa shape index (κ1) is 18.9. The molecule has 0 aliphatic carbocycles. The highest BCUT2D eigenvalue weighted by Gasteiger charge is 2.21. The molecule has 0 radical (unpaired) electrons. The van der Waals surface area contributed by atoms with E-state index >= 15 is 0 Å². The monoisotopic (exact) mass is 346 g/mol. The van der Waals surface area contributed by atoms with Crippen molar-refractivity contribution in [3.8, 4) is 17.2 Å². The molecule has 1 aromatic carbocycles. The highest BCUT2D eigenvalue weighted by molar-refractivity contribution is 5.89. The van der Waals surface area contributed by atoms with Gasteiger partial charge in [0.05, 0.1) is 19.1 Å². The van der Waals surface area contributed by atoms with Crippen LogP contribution >= 0.6 is 0 Å². The number of hydrogen-bond donors (Lipinski definition) is 0. The van der Waals surface area contributed by atoms with Crippen LogP contribution in [0, 0.1) is 0 Å². The SMILES string of the molecule is CCC=CCCOc1c(OC)c(=O)oc2c(OC(C)(C)C)cccc12. The predicted molar refractivity (Wildman–Crippen MR) is 99.0 cm³/mol. The number of hydrogen-bond acceptors (Lipinski definition) is 5. The van der Waals surface area contributed by atoms with Crippen LogP contribution in [-0.2, 0) is 0 Å². The van der Waals surface area contributed by atoms with E-state index in [1.165, 1.54) is 7.11 Å². The smallest absolute Gasteiger partial charge is 0.383 e. The third kappa shape index (κ3) is 4.78. The van der Waals surface area contributed by atoms with Gasteiger partial charge in [-0.25, -0.2) is 4.79 Å². The molecule has 2 rings (SSSR count). The average molecular weight is 346 g/mol. The molecule has 0 amide bonds. The fourth-order valence-corrected chi connectivity index (χ4v) is 2.40. The molecule has 0 saturated carbocycles. The Balaban J connectivity index is 2.48. The van der Waals surface area contributed by atoms with Gasteiger partial charge in [-0.2, -0.15) is 0 Å². The second-order valence-electron chi connectivity index (χ2n) is 6.62. The molecule has 0 unspecified atom stereocenters. The minimum absolute atomic E-state index is 0.0693. The molecule has 0 spiro atoms. The summed E-state index contributed by atoms with van der Waals surface area (Å²) in [6.45, 7) is 8.32. The Kier molecular flexibility index (Phi) is 6.12. The van der Waals surface area contributed by atoms with Gasteiger partial charge in [-0.1, -0.05) is 25.1 Å². The van der Waals surface area contributed by atoms with Crippen LogP contribution in [-0.4, -0.2) is 19.3 Å². The number of rotatable bonds is 7. The number of benzene rings is 1. The molecular weight excluding hydrogens is 320 g/mol. The van der Waals surface area contributed by atoms with E-state index in [0.717, 1.165) is 12.8 Å². The lowest BCUT2D eigenvalue weighted by Crippen LogP contribution is -2.23. The van der Waals surface area contributed by atoms with Crippen molar-refractivity contribution in [3.63, 3.8) is 0 Å². The number of methoxy groups -OCH3 is 1. The highest BCUT2D eigenvalue weighted by Crippen LogP contribution is 2.37. The minimum Gasteiger partial charge on any atom is -0.488 e. The number of allylic oxidation sites excluding steroid dienone is 1. The summed E-state index contributed by atoms with van der Waals surface area (Å²) in [4.78, 5) is 12.3. The van der Waals surface area contributed by atoms with Gasteiger partial charge in [0.25, 0.3) is 0 Å². The molecule has 0 aliphatic heterocycles. The first-order chi connectivity index (χ1) is 11.9. The van der Waals surface area contributed by atoms with E-state index in [0.29, 0.717) is 29.1 Å². The van der Waals surface area contributed by atoms with E-state index in [2.05, 4.69) is 13.0 Å². The molecular formula is C20H26O5. The summed E-state index contributed by atoms with van der Waals surface area (Å²) in [6.07, 6.45) is 5.85. The molecule has 5 nitrogen and oxygen atoms in total. The van der Waals surface area contributed by atoms with Crippen molar-refractivity contribution in [1.82, 2.24) is 0 Å². The van der Waals surface area contributed by atoms with Gasteiger partial charge in [-0.05, 0) is 45.7 Å². The standard InChI is InChI=1S/C20H26O5/c1-6-7-8-9-13-23-17-14-11-10-12-15(25-20(2,3)4)16(14)24-19(21)18(17)22-5/h7-8,10-12H,6,9,13H2,1-5H3. The van der Waals surface area contributed by atoms with E-state index in [9.17, 15) is 4.79 Å². The van der Waals surface area contributed by atoms with Crippen LogP contribution in [0.4, 0.5) is 0 Å². The van der Waals surface area contributed by atoms with E-state index < -0.39 is 11.2 Å². The lowest BCUT2D eigenvalue weighted by molar-refractivity contribution is 0.131. The van der Waals surface area contributed by atoms with Gasteiger partial charge in [0, 0.05) is 0 Å². The molecule has 0 aliphatic rings. The van der Waals surface area contributed by atoms with Crippen molar-refractivity contribution in [2.24, 2.45) is 0 Å². The van der Waals surface area contributed by atoms with Gasteiger partial charge in [0.1, 0.15) is 5.60 Å². The lowest BCUT2D eigenvalue weighted by Gasteiger charge is -2.22. The lowest BCUT2D eigenvalue weighted by atomic mass is 10.1. The second-order valence-corrected chi connectivity index (χ2v) is 6.62. The first-order valence-corrected chi connectivity index (χ1v) is 8.48. The number of para-hydroxylation sites is 1. The van der Waals surface area contributed by atoms with E-state index in [1.54, 1.807) is 6.07 Å². The van der Waals surface area contributed by atoms with Crippen LogP contribution in [0.3, 0.4) is 0 Å². The normalized spacial score (nSPS) is 11.9. The quantitative estimate of drug-likeness (QED) is 0.413. The van der Waals surface area contributed by atoms with Crippen LogP contribution in [0.2, 0.25) is 0 Å². The zero-order chi connectivity index (χ0) is 18.4. The zero-order valence-corrected chi connectivity index (χ0v) is 15.5. The molecule has 0 fully saturated rings. The maximum absolute atomic E-state index is 12.3. The third-order valence-corrected chi connectivity index (χ3v) is 3.36. The summed E-state index contributed by atoms with van der Waals surface area (Å²) in [5.74, 6) is 0.957. The van der Waals surface area contributed by atoms with Gasteiger partial charge in [-0.3, -0.25) is 0 Å². The van der Waals surface area contributed by atoms with Gasteiger partial charge in [0.15, 0.2) is 17.1 Å². The molecule has 0 N–H and O–H groups in total. The molecule has 1 aromatic heterocycles. The largest absolute Gasteiger partial charge is 0.488 e. The molecule has 0 bridgehead atoms. The fourth-order valence-electron chi connectivity index (χ4n) is 2.40. The zero-order valence-electron chi connectivity index (χ0n) is 15.5. The summed E-state index contributed by atoms with van der Waals surface area (Å²) >= 11 is 0. The van der Waals surface area contributed by atoms with Crippen LogP contribution in [0.5, 0.6) is 17.2 Å². The van der Waals surface area contributed by atoms with Crippen molar-refractivity contribution in [1.29, 1.82) is 0 Å². The molecule has 0 atom stereocenters. The second kappa shape index (κ2) is 8.10. The Morgan fingerprint density at radius 3 is 2.56 bits per heavy atom. The molecule has 1 heterocycles. The summed E-state index contributed by atoms with van der Waals surface area (Å²) < 4.78 is 22.4. The van der Waals surface area contributed by atoms with E-state index in [4.69, 9.17) is 18.6 Å². The summed E-state index contributed by atoms with van der Waals surface area (Å²) in [7, 11) is 1.43. The van der Waals surface area contributed by atoms with Gasteiger partial charge < -0.3 is 18.6 Å². The maximum atomic E-state index is 12.3. The van der Waals surface area contributed by atoms with Gasteiger partial charge in [-0.15, -0.1) is 0 Å². The Morgan fingerprint density at radius 2 is 1.92 bits per heavy atom. The predicted octanol–water partition coefficient (Wildman–Crippen LogP) is 4.71. The van der Waals surface area contributed by atoms with Crippen LogP contribution in [0.15, 0.2) is 39.6 Å². The maximum Gasteiger partial charge on any atom is 0.383 e. The molecule has 5 heteroatoms. The summed E-state index contributed by atoms with van der Waals surface area (Å²) in [5.41, 5.74) is -0.639. The first-order valence-electron chi connectivity index (χ1n) is 8.48. The molecule has 136 valence electrons. The van der Waals surface area contributed by atoms with Crippen molar-refractivity contribution in [3.05, 3.63) is 40.8 Å². The van der Waals surface area contributed by atoms with Crippen molar-refractivity contribution in [2.75, 3.05) is 13.7 Å². The summed E-state index contributed by atoms with van der Waals surface area (Å²) in [6, 6.07) is 5.44. The fraction of sp³-hybridized carbons (Fsp3) is 0.450. The number of ether oxygens (including phenoxy) is 3. The average Bonchev–Trinajstić information content (AvgIpc) is 2.54. The van der Waals surface area contributed by atoms with Gasteiger partial charge >= 0.3 is 5.63 Å². The van der Waals surface area contributed by atoms with Crippen molar-refractivity contribution < 1.29 is 18.6 Å². The van der Waals surface area contributed by atoms with Gasteiger partial charge in [0.2, 0.25) is 5.75 Å².